The van der Waals surface area contributed by atoms with Crippen LogP contribution >= 0.6 is 22.9 Å². The Labute approximate surface area is 227 Å². The maximum absolute atomic E-state index is 13.5. The van der Waals surface area contributed by atoms with Crippen LogP contribution in [0.2, 0.25) is 0 Å². The van der Waals surface area contributed by atoms with Crippen LogP contribution in [-0.4, -0.2) is 50.3 Å². The van der Waals surface area contributed by atoms with Crippen LogP contribution in [0.4, 0.5) is 0 Å². The van der Waals surface area contributed by atoms with Crippen LogP contribution < -0.4 is 0 Å². The predicted molar refractivity (Wildman–Crippen MR) is 143 cm³/mol. The van der Waals surface area contributed by atoms with E-state index >= 15 is 0 Å². The van der Waals surface area contributed by atoms with Gasteiger partial charge in [0.1, 0.15) is 18.0 Å². The fraction of sp³-hybridized carbons (Fsp3) is 0.679. The number of thiazole rings is 1. The van der Waals surface area contributed by atoms with Gasteiger partial charge in [-0.25, -0.2) is 4.98 Å². The fourth-order valence-corrected chi connectivity index (χ4v) is 6.57. The number of halogens is 1. The summed E-state index contributed by atoms with van der Waals surface area (Å²) < 4.78 is 12.8. The Morgan fingerprint density at radius 3 is 2.68 bits per heavy atom. The number of epoxide rings is 1. The van der Waals surface area contributed by atoms with E-state index in [0.717, 1.165) is 27.2 Å². The van der Waals surface area contributed by atoms with Crippen LogP contribution in [-0.2, 0) is 19.1 Å². The molecule has 3 heterocycles. The topological polar surface area (TPSA) is 109 Å². The molecular weight excluding hydrogens is 514 g/mol. The number of fused-ring (bicyclic) bond motifs is 2. The van der Waals surface area contributed by atoms with Gasteiger partial charge in [0.2, 0.25) is 0 Å². The Kier molecular flexibility index (Phi) is 8.37. The zero-order chi connectivity index (χ0) is 27.1. The molecule has 0 radical (unpaired) electrons. The number of carbonyl (C=O) groups excluding carboxylic acids is 2. The van der Waals surface area contributed by atoms with Gasteiger partial charge in [-0.1, -0.05) is 45.4 Å². The Balaban J connectivity index is 1.62. The zero-order valence-electron chi connectivity index (χ0n) is 22.2. The second kappa shape index (κ2) is 10.9. The van der Waals surface area contributed by atoms with Gasteiger partial charge in [0.15, 0.2) is 5.06 Å². The number of carbonyl (C=O) groups is 2. The van der Waals surface area contributed by atoms with E-state index in [1.54, 1.807) is 25.2 Å². The number of benzene rings is 1. The van der Waals surface area contributed by atoms with Crippen LogP contribution in [0.5, 0.6) is 0 Å². The van der Waals surface area contributed by atoms with Crippen LogP contribution in [0.1, 0.15) is 82.9 Å². The summed E-state index contributed by atoms with van der Waals surface area (Å²) in [5.41, 5.74) is 0.394. The number of aryl methyl sites for hydroxylation is 1. The minimum Gasteiger partial charge on any atom is -0.457 e. The number of aliphatic hydroxyl groups excluding tert-OH is 2. The first-order chi connectivity index (χ1) is 17.4. The average molecular weight is 552 g/mol. The smallest absolute Gasteiger partial charge is 0.309 e. The van der Waals surface area contributed by atoms with E-state index in [2.05, 4.69) is 4.98 Å². The van der Waals surface area contributed by atoms with Crippen molar-refractivity contribution in [1.82, 2.24) is 4.98 Å². The first-order valence-corrected chi connectivity index (χ1v) is 14.4. The number of ether oxygens (including phenoxy) is 2. The molecule has 2 aromatic rings. The summed E-state index contributed by atoms with van der Waals surface area (Å²) in [5.74, 6) is -1.62. The summed E-state index contributed by atoms with van der Waals surface area (Å²) in [6.45, 7) is 9.00. The molecule has 7 atom stereocenters. The third-order valence-electron chi connectivity index (χ3n) is 8.13. The first kappa shape index (κ1) is 28.4. The van der Waals surface area contributed by atoms with Crippen molar-refractivity contribution < 1.29 is 29.3 Å². The molecule has 0 saturated carbocycles. The quantitative estimate of drug-likeness (QED) is 0.289. The van der Waals surface area contributed by atoms with E-state index in [1.807, 2.05) is 39.0 Å². The van der Waals surface area contributed by atoms with Gasteiger partial charge >= 0.3 is 5.97 Å². The van der Waals surface area contributed by atoms with E-state index in [0.29, 0.717) is 25.7 Å². The number of rotatable bonds is 2. The van der Waals surface area contributed by atoms with Crippen LogP contribution in [0.25, 0.3) is 10.2 Å². The number of aliphatic hydroxyl groups is 2. The third kappa shape index (κ3) is 6.04. The minimum atomic E-state index is -1.26. The molecule has 0 amide bonds. The Hall–Kier alpha value is -1.58. The molecule has 0 unspecified atom stereocenters. The van der Waals surface area contributed by atoms with Crippen LogP contribution in [0, 0.1) is 24.2 Å². The second-order valence-electron chi connectivity index (χ2n) is 11.2. The average Bonchev–Trinajstić information content (AvgIpc) is 3.30. The number of cyclic esters (lactones) is 1. The van der Waals surface area contributed by atoms with Gasteiger partial charge < -0.3 is 19.7 Å². The van der Waals surface area contributed by atoms with Crippen molar-refractivity contribution in [3.63, 3.8) is 0 Å². The number of alkyl halides is 1. The summed E-state index contributed by atoms with van der Waals surface area (Å²) in [5, 5.41) is 22.1. The Morgan fingerprint density at radius 1 is 1.24 bits per heavy atom. The van der Waals surface area contributed by atoms with Gasteiger partial charge in [0.05, 0.1) is 39.3 Å². The van der Waals surface area contributed by atoms with E-state index in [1.165, 1.54) is 0 Å². The van der Waals surface area contributed by atoms with Crippen molar-refractivity contribution in [2.24, 2.45) is 17.3 Å². The highest BCUT2D eigenvalue weighted by molar-refractivity contribution is 7.18. The van der Waals surface area contributed by atoms with Crippen molar-refractivity contribution >= 4 is 44.9 Å². The summed E-state index contributed by atoms with van der Waals surface area (Å²) in [6.07, 6.45) is -0.546. The molecule has 9 heteroatoms. The van der Waals surface area contributed by atoms with Gasteiger partial charge in [-0.2, -0.15) is 0 Å². The van der Waals surface area contributed by atoms with Crippen LogP contribution in [0.15, 0.2) is 18.2 Å². The summed E-state index contributed by atoms with van der Waals surface area (Å²) >= 11 is 8.35. The molecule has 7 nitrogen and oxygen atoms in total. The predicted octanol–water partition coefficient (Wildman–Crippen LogP) is 5.47. The lowest BCUT2D eigenvalue weighted by atomic mass is 9.71. The molecule has 204 valence electrons. The van der Waals surface area contributed by atoms with E-state index in [-0.39, 0.29) is 24.2 Å². The zero-order valence-corrected chi connectivity index (χ0v) is 23.8. The molecule has 2 fully saturated rings. The lowest BCUT2D eigenvalue weighted by Crippen LogP contribution is -2.46. The Bertz CT molecular complexity index is 1150. The minimum absolute atomic E-state index is 0.127. The summed E-state index contributed by atoms with van der Waals surface area (Å²) in [7, 11) is 0. The van der Waals surface area contributed by atoms with Crippen molar-refractivity contribution in [2.45, 2.75) is 103 Å². The lowest BCUT2D eigenvalue weighted by Gasteiger charge is -2.35. The molecule has 1 aromatic heterocycles. The summed E-state index contributed by atoms with van der Waals surface area (Å²) in [6, 6.07) is 5.82. The molecule has 1 aromatic carbocycles. The third-order valence-corrected chi connectivity index (χ3v) is 9.60. The normalized spacial score (nSPS) is 35.7. The number of aromatic nitrogens is 1. The number of ketones is 1. The number of nitrogens with zero attached hydrogens (tertiary/aromatic N) is 1. The Morgan fingerprint density at radius 2 is 1.97 bits per heavy atom. The van der Waals surface area contributed by atoms with Crippen LogP contribution in [0.3, 0.4) is 0 Å². The van der Waals surface area contributed by atoms with E-state index in [4.69, 9.17) is 21.1 Å². The number of hydrogen-bond acceptors (Lipinski definition) is 8. The maximum atomic E-state index is 13.5. The second-order valence-corrected chi connectivity index (χ2v) is 13.1. The molecule has 2 N–H and O–H groups in total. The molecule has 4 rings (SSSR count). The maximum Gasteiger partial charge on any atom is 0.309 e. The summed E-state index contributed by atoms with van der Waals surface area (Å²) in [4.78, 5) is 31.1. The van der Waals surface area contributed by atoms with E-state index in [9.17, 15) is 19.8 Å². The highest BCUT2D eigenvalue weighted by Gasteiger charge is 2.55. The molecule has 2 aliphatic heterocycles. The largest absolute Gasteiger partial charge is 0.457 e. The van der Waals surface area contributed by atoms with Crippen molar-refractivity contribution in [3.8, 4) is 0 Å². The number of esters is 1. The van der Waals surface area contributed by atoms with Gasteiger partial charge in [0.25, 0.3) is 0 Å². The lowest BCUT2D eigenvalue weighted by molar-refractivity contribution is -0.156. The van der Waals surface area contributed by atoms with Gasteiger partial charge in [-0.15, -0.1) is 11.3 Å². The molecule has 0 spiro atoms. The van der Waals surface area contributed by atoms with Gasteiger partial charge in [-0.3, -0.25) is 9.59 Å². The fourth-order valence-electron chi connectivity index (χ4n) is 5.43. The number of Topliss-reactive ketones (excluding diaryl/α,β-unsaturated/α-hetero) is 1. The highest BCUT2D eigenvalue weighted by atomic mass is 35.5. The molecule has 37 heavy (non-hydrogen) atoms. The van der Waals surface area contributed by atoms with Gasteiger partial charge in [-0.05, 0) is 56.2 Å². The molecule has 2 saturated heterocycles. The van der Waals surface area contributed by atoms with Crippen molar-refractivity contribution in [2.75, 3.05) is 0 Å². The molecule has 0 bridgehead atoms. The van der Waals surface area contributed by atoms with Gasteiger partial charge in [0, 0.05) is 12.3 Å². The highest BCUT2D eigenvalue weighted by Crippen LogP contribution is 2.50. The van der Waals surface area contributed by atoms with Crippen molar-refractivity contribution in [3.05, 3.63) is 28.8 Å². The SMILES string of the molecule is CC[C@H]1C(=O)C(C)(C)[C@@H](O)CC(=O)O[C@H](c2ccc3sc(C)nc3c2)C[C@@H]2O[C@]2(Cl)CCC[C@H](C)[C@@H]1O. The standard InChI is InChI=1S/C28H38ClNO6S/c1-6-18-25(33)15(2)8-7-11-28(29)23(36-28)13-20(17-9-10-21-19(12-17)30-16(3)37-21)35-24(32)14-22(31)27(4,5)26(18)34/h9-10,12,15,18,20,22-23,25,31,33H,6-8,11,13-14H2,1-5H3/t15-,18+,20-,22-,23-,25-,28+/m0/s1. The van der Waals surface area contributed by atoms with Crippen molar-refractivity contribution in [1.29, 1.82) is 0 Å². The monoisotopic (exact) mass is 551 g/mol. The molecule has 0 aliphatic carbocycles. The first-order valence-electron chi connectivity index (χ1n) is 13.2. The van der Waals surface area contributed by atoms with E-state index < -0.39 is 40.7 Å². The number of hydrogen-bond donors (Lipinski definition) is 2. The molecule has 2 aliphatic rings. The molecular formula is C28H38ClNO6S.